The topological polar surface area (TPSA) is 150 Å². The lowest BCUT2D eigenvalue weighted by Crippen LogP contribution is -2.39. The number of aliphatic hydroxyl groups excluding tert-OH is 2. The van der Waals surface area contributed by atoms with Crippen molar-refractivity contribution in [3.05, 3.63) is 143 Å². The molecule has 0 unspecified atom stereocenters. The number of aromatic nitrogens is 4. The van der Waals surface area contributed by atoms with E-state index < -0.39 is 30.1 Å². The summed E-state index contributed by atoms with van der Waals surface area (Å²) in [6.07, 6.45) is -3.55. The van der Waals surface area contributed by atoms with Gasteiger partial charge < -0.3 is 34.5 Å². The molecule has 0 radical (unpaired) electrons. The molecule has 12 nitrogen and oxygen atoms in total. The Morgan fingerprint density at radius 3 is 1.98 bits per heavy atom. The summed E-state index contributed by atoms with van der Waals surface area (Å²) >= 11 is 3.47. The van der Waals surface area contributed by atoms with Crippen molar-refractivity contribution in [3.63, 3.8) is 0 Å². The molecule has 13 heteroatoms. The molecule has 1 aliphatic rings. The van der Waals surface area contributed by atoms with E-state index in [4.69, 9.17) is 18.9 Å². The van der Waals surface area contributed by atoms with E-state index in [-0.39, 0.29) is 34.2 Å². The number of carbonyl (C=O) groups is 1. The molecular weight excluding hydrogens is 718 g/mol. The Labute approximate surface area is 301 Å². The van der Waals surface area contributed by atoms with Crippen molar-refractivity contribution in [1.29, 1.82) is 0 Å². The smallest absolute Gasteiger partial charge is 0.256 e. The van der Waals surface area contributed by atoms with Crippen molar-refractivity contribution in [2.75, 3.05) is 26.1 Å². The van der Waals surface area contributed by atoms with Crippen LogP contribution in [0.25, 0.3) is 11.2 Å². The van der Waals surface area contributed by atoms with Crippen LogP contribution in [-0.4, -0.2) is 74.8 Å². The lowest BCUT2D eigenvalue weighted by atomic mass is 9.80. The average molecular weight is 753 g/mol. The number of nitrogens with zero attached hydrogens (tertiary/aromatic N) is 4. The Balaban J connectivity index is 1.22. The van der Waals surface area contributed by atoms with Gasteiger partial charge in [0.05, 0.1) is 20.8 Å². The zero-order valence-corrected chi connectivity index (χ0v) is 29.2. The summed E-state index contributed by atoms with van der Waals surface area (Å²) in [7, 11) is 3.21. The number of halogens is 1. The predicted octanol–water partition coefficient (Wildman–Crippen LogP) is 5.49. The summed E-state index contributed by atoms with van der Waals surface area (Å²) in [5.41, 5.74) is 2.24. The quantitative estimate of drug-likeness (QED) is 0.115. The maximum atomic E-state index is 12.9. The molecule has 7 rings (SSSR count). The molecule has 2 aromatic heterocycles. The van der Waals surface area contributed by atoms with Gasteiger partial charge >= 0.3 is 0 Å². The van der Waals surface area contributed by atoms with Gasteiger partial charge in [-0.3, -0.25) is 9.36 Å². The van der Waals surface area contributed by atoms with Crippen LogP contribution in [0.15, 0.2) is 120 Å². The second kappa shape index (κ2) is 14.6. The lowest BCUT2D eigenvalue weighted by molar-refractivity contribution is -0.0946. The minimum atomic E-state index is -1.39. The summed E-state index contributed by atoms with van der Waals surface area (Å²) in [6.45, 7) is -0.126. The first kappa shape index (κ1) is 34.3. The van der Waals surface area contributed by atoms with Crippen LogP contribution in [-0.2, 0) is 15.1 Å². The van der Waals surface area contributed by atoms with Crippen LogP contribution in [0.3, 0.4) is 0 Å². The van der Waals surface area contributed by atoms with Crippen molar-refractivity contribution in [1.82, 2.24) is 19.5 Å². The number of imidazole rings is 1. The Morgan fingerprint density at radius 2 is 1.39 bits per heavy atom. The van der Waals surface area contributed by atoms with Crippen molar-refractivity contribution in [2.45, 2.75) is 30.1 Å². The first-order valence-corrected chi connectivity index (χ1v) is 16.9. The minimum absolute atomic E-state index is 0.126. The van der Waals surface area contributed by atoms with Crippen molar-refractivity contribution >= 4 is 38.8 Å². The molecule has 51 heavy (non-hydrogen) atoms. The highest BCUT2D eigenvalue weighted by molar-refractivity contribution is 9.10. The summed E-state index contributed by atoms with van der Waals surface area (Å²) in [5, 5.41) is 25.6. The SMILES string of the molecule is COc1ccc(C(OC[C@H]2O[C@@H](n3c(Br)nc4c(NC(=O)c5ccccc5)ncnc43)[C@H](O)[C@@H]2O)(c2ccccc2)c2ccc(OC)cc2)cc1. The molecule has 4 atom stereocenters. The number of amides is 1. The van der Waals surface area contributed by atoms with E-state index in [9.17, 15) is 15.0 Å². The van der Waals surface area contributed by atoms with Crippen LogP contribution in [0.5, 0.6) is 11.5 Å². The van der Waals surface area contributed by atoms with Crippen LogP contribution in [0.1, 0.15) is 33.3 Å². The normalized spacial score (nSPS) is 18.8. The number of benzene rings is 4. The third-order valence-corrected chi connectivity index (χ3v) is 9.49. The largest absolute Gasteiger partial charge is 0.497 e. The second-order valence-corrected chi connectivity index (χ2v) is 12.5. The Bertz CT molecular complexity index is 2070. The number of carbonyl (C=O) groups excluding carboxylic acids is 1. The van der Waals surface area contributed by atoms with Crippen LogP contribution in [0.4, 0.5) is 5.82 Å². The van der Waals surface area contributed by atoms with Crippen molar-refractivity contribution < 1.29 is 34.0 Å². The second-order valence-electron chi connectivity index (χ2n) is 11.8. The molecule has 0 bridgehead atoms. The summed E-state index contributed by atoms with van der Waals surface area (Å²) in [5.74, 6) is 1.16. The van der Waals surface area contributed by atoms with Crippen LogP contribution in [0, 0.1) is 0 Å². The number of aliphatic hydroxyl groups is 2. The van der Waals surface area contributed by atoms with Crippen LogP contribution >= 0.6 is 15.9 Å². The standard InChI is InChI=1S/C38H34BrN5O7/c1-48-27-17-13-25(14-18-27)38(24-11-7-4-8-12-24,26-15-19-28(49-2)20-16-26)50-21-29-31(45)32(46)36(51-29)44-34-30(42-37(44)39)33(40-22-41-34)43-35(47)23-9-5-3-6-10-23/h3-20,22,29,31-32,36,45-46H,21H2,1-2H3,(H,40,41,43,47)/t29-,31-,32-,36-/m1/s1. The minimum Gasteiger partial charge on any atom is -0.497 e. The predicted molar refractivity (Wildman–Crippen MR) is 192 cm³/mol. The molecule has 3 heterocycles. The maximum absolute atomic E-state index is 12.9. The van der Waals surface area contributed by atoms with Crippen LogP contribution < -0.4 is 14.8 Å². The van der Waals surface area contributed by atoms with Gasteiger partial charge in [-0.2, -0.15) is 0 Å². The third-order valence-electron chi connectivity index (χ3n) is 8.93. The zero-order chi connectivity index (χ0) is 35.5. The van der Waals surface area contributed by atoms with E-state index in [0.717, 1.165) is 16.7 Å². The van der Waals surface area contributed by atoms with Gasteiger partial charge in [0.1, 0.15) is 41.7 Å². The molecule has 4 aromatic carbocycles. The number of ether oxygens (including phenoxy) is 4. The first-order chi connectivity index (χ1) is 24.8. The maximum Gasteiger partial charge on any atom is 0.256 e. The van der Waals surface area contributed by atoms with E-state index in [1.807, 2.05) is 84.9 Å². The molecule has 1 saturated heterocycles. The number of fused-ring (bicyclic) bond motifs is 1. The number of anilines is 1. The third kappa shape index (κ3) is 6.46. The molecule has 6 aromatic rings. The van der Waals surface area contributed by atoms with Gasteiger partial charge in [-0.1, -0.05) is 72.8 Å². The highest BCUT2D eigenvalue weighted by Crippen LogP contribution is 2.43. The van der Waals surface area contributed by atoms with Gasteiger partial charge in [-0.25, -0.2) is 15.0 Å². The first-order valence-electron chi connectivity index (χ1n) is 16.1. The fourth-order valence-corrected chi connectivity index (χ4v) is 6.88. The van der Waals surface area contributed by atoms with E-state index in [2.05, 4.69) is 36.2 Å². The Morgan fingerprint density at radius 1 is 0.824 bits per heavy atom. The molecule has 3 N–H and O–H groups in total. The van der Waals surface area contributed by atoms with Crippen molar-refractivity contribution in [2.24, 2.45) is 0 Å². The fraction of sp³-hybridized carbons (Fsp3) is 0.211. The summed E-state index contributed by atoms with van der Waals surface area (Å²) in [4.78, 5) is 26.1. The average Bonchev–Trinajstić information content (AvgIpc) is 3.66. The van der Waals surface area contributed by atoms with E-state index in [1.54, 1.807) is 38.5 Å². The van der Waals surface area contributed by atoms with E-state index in [1.165, 1.54) is 10.9 Å². The molecule has 260 valence electrons. The van der Waals surface area contributed by atoms with Crippen molar-refractivity contribution in [3.8, 4) is 11.5 Å². The monoisotopic (exact) mass is 751 g/mol. The van der Waals surface area contributed by atoms with E-state index in [0.29, 0.717) is 17.1 Å². The van der Waals surface area contributed by atoms with Crippen LogP contribution in [0.2, 0.25) is 0 Å². The van der Waals surface area contributed by atoms with Gasteiger partial charge in [0.2, 0.25) is 0 Å². The highest BCUT2D eigenvalue weighted by atomic mass is 79.9. The van der Waals surface area contributed by atoms with Gasteiger partial charge in [0, 0.05) is 5.56 Å². The Hall–Kier alpha value is -5.18. The Kier molecular flexibility index (Phi) is 9.80. The molecular formula is C38H34BrN5O7. The molecule has 0 saturated carbocycles. The number of nitrogens with one attached hydrogen (secondary N) is 1. The highest BCUT2D eigenvalue weighted by Gasteiger charge is 2.47. The molecule has 0 aliphatic carbocycles. The lowest BCUT2D eigenvalue weighted by Gasteiger charge is -2.37. The van der Waals surface area contributed by atoms with Gasteiger partial charge in [0.25, 0.3) is 5.91 Å². The molecule has 1 amide bonds. The molecule has 1 fully saturated rings. The molecule has 1 aliphatic heterocycles. The number of hydrogen-bond acceptors (Lipinski definition) is 10. The number of rotatable bonds is 11. The van der Waals surface area contributed by atoms with Gasteiger partial charge in [-0.15, -0.1) is 0 Å². The van der Waals surface area contributed by atoms with E-state index >= 15 is 0 Å². The summed E-state index contributed by atoms with van der Waals surface area (Å²) in [6, 6.07) is 33.6. The number of methoxy groups -OCH3 is 2. The zero-order valence-electron chi connectivity index (χ0n) is 27.6. The number of hydrogen-bond donors (Lipinski definition) is 3. The van der Waals surface area contributed by atoms with Gasteiger partial charge in [-0.05, 0) is 69.0 Å². The van der Waals surface area contributed by atoms with Gasteiger partial charge in [0.15, 0.2) is 27.9 Å². The summed E-state index contributed by atoms with van der Waals surface area (Å²) < 4.78 is 26.0. The molecule has 0 spiro atoms. The fourth-order valence-electron chi connectivity index (χ4n) is 6.33.